The Morgan fingerprint density at radius 1 is 1.69 bits per heavy atom. The summed E-state index contributed by atoms with van der Waals surface area (Å²) in [5.41, 5.74) is -2.43. The highest BCUT2D eigenvalue weighted by atomic mass is 19.3. The van der Waals surface area contributed by atoms with Gasteiger partial charge in [0.1, 0.15) is 0 Å². The Balaban J connectivity index is 4.49. The minimum atomic E-state index is -3.18. The molecule has 0 aliphatic carbocycles. The van der Waals surface area contributed by atoms with Crippen LogP contribution in [0.5, 0.6) is 0 Å². The average Bonchev–Trinajstić information content (AvgIpc) is 2.05. The third kappa shape index (κ3) is 3.14. The van der Waals surface area contributed by atoms with Crippen LogP contribution >= 0.6 is 0 Å². The summed E-state index contributed by atoms with van der Waals surface area (Å²) in [6.45, 7) is 1.42. The molecule has 0 atom stereocenters. The third-order valence-corrected chi connectivity index (χ3v) is 1.05. The van der Waals surface area contributed by atoms with Gasteiger partial charge >= 0.3 is 5.97 Å². The van der Waals surface area contributed by atoms with Gasteiger partial charge in [-0.2, -0.15) is 0 Å². The molecule has 0 aromatic heterocycles. The van der Waals surface area contributed by atoms with Gasteiger partial charge in [0.25, 0.3) is 6.43 Å². The summed E-state index contributed by atoms with van der Waals surface area (Å²) in [6.07, 6.45) is -3.18. The van der Waals surface area contributed by atoms with Crippen molar-refractivity contribution in [3.63, 3.8) is 0 Å². The quantitative estimate of drug-likeness (QED) is 0.298. The highest BCUT2D eigenvalue weighted by molar-refractivity contribution is 6.65. The Morgan fingerprint density at radius 2 is 2.23 bits per heavy atom. The van der Waals surface area contributed by atoms with Crippen LogP contribution in [0.15, 0.2) is 5.16 Å². The number of rotatable bonds is 4. The number of oxime groups is 1. The predicted octanol–water partition coefficient (Wildman–Crippen LogP) is 0.665. The highest BCUT2D eigenvalue weighted by Gasteiger charge is 2.25. The third-order valence-electron chi connectivity index (χ3n) is 1.05. The van der Waals surface area contributed by atoms with Gasteiger partial charge in [0, 0.05) is 0 Å². The first-order valence-electron chi connectivity index (χ1n) is 3.30. The molecule has 0 bridgehead atoms. The average molecular weight is 194 g/mol. The van der Waals surface area contributed by atoms with Crippen LogP contribution < -0.4 is 0 Å². The summed E-state index contributed by atoms with van der Waals surface area (Å²) in [5, 5.41) is 17.0. The van der Waals surface area contributed by atoms with Gasteiger partial charge in [0.2, 0.25) is 0 Å². The van der Waals surface area contributed by atoms with Crippen molar-refractivity contribution in [3.8, 4) is 0 Å². The summed E-state index contributed by atoms with van der Waals surface area (Å²) < 4.78 is 28.1. The summed E-state index contributed by atoms with van der Waals surface area (Å²) in [4.78, 5) is 10.7. The maximum atomic E-state index is 11.9. The van der Waals surface area contributed by atoms with Crippen molar-refractivity contribution < 1.29 is 23.5 Å². The minimum absolute atomic E-state index is 0.0385. The molecule has 7 heteroatoms. The van der Waals surface area contributed by atoms with Crippen molar-refractivity contribution in [1.82, 2.24) is 0 Å². The summed E-state index contributed by atoms with van der Waals surface area (Å²) in [5.74, 6) is -1.24. The molecule has 0 unspecified atom stereocenters. The van der Waals surface area contributed by atoms with Gasteiger partial charge in [0.15, 0.2) is 11.4 Å². The molecule has 0 aliphatic heterocycles. The second-order valence-electron chi connectivity index (χ2n) is 1.88. The molecular weight excluding hydrogens is 186 g/mol. The molecule has 74 valence electrons. The Kier molecular flexibility index (Phi) is 4.57. The number of nitrogens with one attached hydrogen (secondary N) is 1. The monoisotopic (exact) mass is 194 g/mol. The Labute approximate surface area is 72.5 Å². The Bertz CT molecular complexity index is 240. The lowest BCUT2D eigenvalue weighted by atomic mass is 10.2. The fraction of sp³-hybridized carbons (Fsp3) is 0.500. The molecule has 0 saturated heterocycles. The van der Waals surface area contributed by atoms with Crippen LogP contribution in [0.2, 0.25) is 0 Å². The number of halogens is 2. The maximum absolute atomic E-state index is 11.9. The number of alkyl halides is 2. The first-order valence-corrected chi connectivity index (χ1v) is 3.30. The molecule has 0 spiro atoms. The van der Waals surface area contributed by atoms with Crippen LogP contribution in [0, 0.1) is 5.41 Å². The Hall–Kier alpha value is -1.53. The zero-order chi connectivity index (χ0) is 10.4. The molecule has 5 nitrogen and oxygen atoms in total. The normalized spacial score (nSPS) is 11.5. The number of carbonyl (C=O) groups is 1. The van der Waals surface area contributed by atoms with E-state index in [-0.39, 0.29) is 6.61 Å². The van der Waals surface area contributed by atoms with E-state index in [2.05, 4.69) is 9.89 Å². The number of ether oxygens (including phenoxy) is 1. The molecule has 0 radical (unpaired) electrons. The number of nitrogens with zero attached hydrogens (tertiary/aromatic N) is 1. The maximum Gasteiger partial charge on any atom is 0.358 e. The van der Waals surface area contributed by atoms with Crippen LogP contribution in [0.1, 0.15) is 6.92 Å². The molecule has 13 heavy (non-hydrogen) atoms. The van der Waals surface area contributed by atoms with E-state index in [1.165, 1.54) is 6.92 Å². The number of carbonyl (C=O) groups excluding carboxylic acids is 1. The van der Waals surface area contributed by atoms with Gasteiger partial charge in [-0.25, -0.2) is 13.6 Å². The largest absolute Gasteiger partial charge is 0.461 e. The van der Waals surface area contributed by atoms with Gasteiger partial charge in [-0.15, -0.1) is 0 Å². The lowest BCUT2D eigenvalue weighted by Crippen LogP contribution is -2.30. The molecule has 0 rings (SSSR count). The van der Waals surface area contributed by atoms with Crippen LogP contribution in [0.4, 0.5) is 8.78 Å². The molecule has 2 N–H and O–H groups in total. The van der Waals surface area contributed by atoms with E-state index in [0.29, 0.717) is 0 Å². The first kappa shape index (κ1) is 11.5. The van der Waals surface area contributed by atoms with Crippen molar-refractivity contribution in [2.24, 2.45) is 5.16 Å². The van der Waals surface area contributed by atoms with E-state index in [1.807, 2.05) is 0 Å². The summed E-state index contributed by atoms with van der Waals surface area (Å²) in [7, 11) is 0. The van der Waals surface area contributed by atoms with Gasteiger partial charge in [-0.3, -0.25) is 5.41 Å². The molecular formula is C6H8F2N2O3. The molecule has 0 amide bonds. The van der Waals surface area contributed by atoms with E-state index < -0.39 is 23.8 Å². The molecule has 0 aromatic carbocycles. The second kappa shape index (κ2) is 5.18. The van der Waals surface area contributed by atoms with Crippen LogP contribution in [0.3, 0.4) is 0 Å². The minimum Gasteiger partial charge on any atom is -0.461 e. The van der Waals surface area contributed by atoms with Crippen molar-refractivity contribution in [1.29, 1.82) is 5.41 Å². The number of hydrogen-bond donors (Lipinski definition) is 2. The standard InChI is InChI=1S/C6H8F2N2O3/c1-2-13-6(11)3(9)4(10-12)5(7)8/h5,9,12H,2H2,1H3/b9-3?,10-4+. The van der Waals surface area contributed by atoms with Crippen LogP contribution in [-0.4, -0.2) is 35.6 Å². The van der Waals surface area contributed by atoms with Crippen molar-refractivity contribution in [2.75, 3.05) is 6.61 Å². The molecule has 0 heterocycles. The fourth-order valence-corrected chi connectivity index (χ4v) is 0.511. The van der Waals surface area contributed by atoms with E-state index >= 15 is 0 Å². The van der Waals surface area contributed by atoms with Gasteiger partial charge < -0.3 is 9.94 Å². The topological polar surface area (TPSA) is 82.7 Å². The van der Waals surface area contributed by atoms with E-state index in [1.54, 1.807) is 0 Å². The lowest BCUT2D eigenvalue weighted by molar-refractivity contribution is -0.134. The van der Waals surface area contributed by atoms with Crippen LogP contribution in [-0.2, 0) is 9.53 Å². The highest BCUT2D eigenvalue weighted by Crippen LogP contribution is 1.99. The predicted molar refractivity (Wildman–Crippen MR) is 39.6 cm³/mol. The van der Waals surface area contributed by atoms with E-state index in [4.69, 9.17) is 10.6 Å². The lowest BCUT2D eigenvalue weighted by Gasteiger charge is -2.03. The summed E-state index contributed by atoms with van der Waals surface area (Å²) >= 11 is 0. The summed E-state index contributed by atoms with van der Waals surface area (Å²) in [6, 6.07) is 0. The zero-order valence-electron chi connectivity index (χ0n) is 6.75. The SMILES string of the molecule is CCOC(=O)C(=N)/C(=N\O)C(F)F. The van der Waals surface area contributed by atoms with Crippen molar-refractivity contribution >= 4 is 17.4 Å². The molecule has 0 saturated carbocycles. The molecule has 0 fully saturated rings. The number of hydrogen-bond acceptors (Lipinski definition) is 5. The number of esters is 1. The van der Waals surface area contributed by atoms with E-state index in [0.717, 1.165) is 0 Å². The first-order chi connectivity index (χ1) is 6.04. The molecule has 0 aromatic rings. The fourth-order valence-electron chi connectivity index (χ4n) is 0.511. The van der Waals surface area contributed by atoms with Gasteiger partial charge in [0.05, 0.1) is 6.61 Å². The van der Waals surface area contributed by atoms with Crippen LogP contribution in [0.25, 0.3) is 0 Å². The van der Waals surface area contributed by atoms with Crippen molar-refractivity contribution in [2.45, 2.75) is 13.3 Å². The second-order valence-corrected chi connectivity index (χ2v) is 1.88. The van der Waals surface area contributed by atoms with E-state index in [9.17, 15) is 13.6 Å². The molecule has 0 aliphatic rings. The van der Waals surface area contributed by atoms with Crippen molar-refractivity contribution in [3.05, 3.63) is 0 Å². The van der Waals surface area contributed by atoms with Gasteiger partial charge in [-0.1, -0.05) is 5.16 Å². The Morgan fingerprint density at radius 3 is 2.54 bits per heavy atom. The van der Waals surface area contributed by atoms with Gasteiger partial charge in [-0.05, 0) is 6.92 Å². The smallest absolute Gasteiger partial charge is 0.358 e. The zero-order valence-corrected chi connectivity index (χ0v) is 6.75.